The molecule has 0 fully saturated rings. The Morgan fingerprint density at radius 3 is 1.20 bits per heavy atom. The fourth-order valence-electron chi connectivity index (χ4n) is 3.38. The predicted octanol–water partition coefficient (Wildman–Crippen LogP) is 7.63. The van der Waals surface area contributed by atoms with Crippen molar-refractivity contribution < 1.29 is 4.79 Å². The lowest BCUT2D eigenvalue weighted by atomic mass is 10.0. The summed E-state index contributed by atoms with van der Waals surface area (Å²) in [4.78, 5) is 12.2. The van der Waals surface area contributed by atoms with E-state index in [1.807, 2.05) is 0 Å². The van der Waals surface area contributed by atoms with E-state index in [0.717, 1.165) is 19.4 Å². The van der Waals surface area contributed by atoms with Gasteiger partial charge in [0.1, 0.15) is 0 Å². The molecule has 0 rings (SSSR count). The number of hydrogen-bond acceptors (Lipinski definition) is 1. The second-order valence-electron chi connectivity index (χ2n) is 7.54. The Balaban J connectivity index is 3.05. The van der Waals surface area contributed by atoms with Crippen LogP contribution in [0.5, 0.6) is 0 Å². The largest absolute Gasteiger partial charge is 0.322 e. The van der Waals surface area contributed by atoms with Crippen LogP contribution < -0.4 is 0 Å². The van der Waals surface area contributed by atoms with E-state index in [0.29, 0.717) is 0 Å². The fraction of sp³-hybridized carbons (Fsp3) is 0.870. The highest BCUT2D eigenvalue weighted by Gasteiger charge is 1.97. The number of nitrogens with zero attached hydrogens (tertiary/aromatic N) is 1. The van der Waals surface area contributed by atoms with E-state index in [2.05, 4.69) is 13.5 Å². The van der Waals surface area contributed by atoms with Crippen LogP contribution in [0.15, 0.2) is 12.8 Å². The number of carbonyl (C=O) groups excluding carboxylic acids is 1. The number of amides is 1. The highest BCUT2D eigenvalue weighted by atomic mass is 16.1. The van der Waals surface area contributed by atoms with Gasteiger partial charge in [0, 0.05) is 6.54 Å². The summed E-state index contributed by atoms with van der Waals surface area (Å²) in [6, 6.07) is 0. The van der Waals surface area contributed by atoms with Crippen molar-refractivity contribution in [3.63, 3.8) is 0 Å². The third-order valence-corrected chi connectivity index (χ3v) is 5.14. The molecule has 2 nitrogen and oxygen atoms in total. The molecule has 0 aromatic heterocycles. The van der Waals surface area contributed by atoms with Gasteiger partial charge in [0.05, 0.1) is 0 Å². The molecule has 0 aromatic rings. The molecule has 0 aromatic carbocycles. The fourth-order valence-corrected chi connectivity index (χ4v) is 3.38. The molecular weight excluding hydrogens is 306 g/mol. The summed E-state index contributed by atoms with van der Waals surface area (Å²) in [6.45, 7) is 6.74. The monoisotopic (exact) mass is 351 g/mol. The minimum atomic E-state index is 0.825. The van der Waals surface area contributed by atoms with E-state index in [-0.39, 0.29) is 0 Å². The van der Waals surface area contributed by atoms with Crippen molar-refractivity contribution in [1.82, 2.24) is 4.90 Å². The summed E-state index contributed by atoms with van der Waals surface area (Å²) >= 11 is 0. The lowest BCUT2D eigenvalue weighted by Crippen LogP contribution is -2.15. The maximum Gasteiger partial charge on any atom is 0.213 e. The number of hydrogen-bond donors (Lipinski definition) is 0. The minimum absolute atomic E-state index is 0.825. The van der Waals surface area contributed by atoms with Gasteiger partial charge in [0.25, 0.3) is 0 Å². The van der Waals surface area contributed by atoms with E-state index < -0.39 is 0 Å². The van der Waals surface area contributed by atoms with Crippen molar-refractivity contribution in [2.24, 2.45) is 0 Å². The highest BCUT2D eigenvalue weighted by Crippen LogP contribution is 2.14. The zero-order valence-corrected chi connectivity index (χ0v) is 17.2. The summed E-state index contributed by atoms with van der Waals surface area (Å²) in [5.41, 5.74) is 0. The van der Waals surface area contributed by atoms with Crippen LogP contribution in [0, 0.1) is 0 Å². The van der Waals surface area contributed by atoms with Crippen molar-refractivity contribution in [2.45, 2.75) is 122 Å². The molecule has 25 heavy (non-hydrogen) atoms. The third-order valence-electron chi connectivity index (χ3n) is 5.14. The summed E-state index contributed by atoms with van der Waals surface area (Å²) in [5, 5.41) is 0. The molecule has 0 bridgehead atoms. The lowest BCUT2D eigenvalue weighted by molar-refractivity contribution is -0.115. The smallest absolute Gasteiger partial charge is 0.213 e. The van der Waals surface area contributed by atoms with Crippen LogP contribution >= 0.6 is 0 Å². The topological polar surface area (TPSA) is 20.3 Å². The van der Waals surface area contributed by atoms with E-state index in [4.69, 9.17) is 0 Å². The molecule has 0 aliphatic carbocycles. The molecule has 0 N–H and O–H groups in total. The van der Waals surface area contributed by atoms with Crippen LogP contribution in [-0.2, 0) is 4.79 Å². The first kappa shape index (κ1) is 24.2. The van der Waals surface area contributed by atoms with Gasteiger partial charge in [-0.2, -0.15) is 0 Å². The van der Waals surface area contributed by atoms with Gasteiger partial charge < -0.3 is 4.90 Å². The summed E-state index contributed by atoms with van der Waals surface area (Å²) in [5.74, 6) is 0. The molecule has 0 saturated carbocycles. The van der Waals surface area contributed by atoms with E-state index in [9.17, 15) is 4.79 Å². The quantitative estimate of drug-likeness (QED) is 0.154. The minimum Gasteiger partial charge on any atom is -0.322 e. The van der Waals surface area contributed by atoms with Gasteiger partial charge in [0.2, 0.25) is 6.41 Å². The molecule has 0 atom stereocenters. The first-order valence-electron chi connectivity index (χ1n) is 11.2. The maximum atomic E-state index is 10.6. The predicted molar refractivity (Wildman–Crippen MR) is 112 cm³/mol. The molecule has 0 aliphatic rings. The maximum absolute atomic E-state index is 10.6. The molecule has 0 unspecified atom stereocenters. The van der Waals surface area contributed by atoms with Gasteiger partial charge in [-0.1, -0.05) is 123 Å². The normalized spacial score (nSPS) is 10.8. The van der Waals surface area contributed by atoms with E-state index in [1.54, 1.807) is 11.1 Å². The van der Waals surface area contributed by atoms with Gasteiger partial charge >= 0.3 is 0 Å². The molecular formula is C23H45NO. The number of unbranched alkanes of at least 4 members (excludes halogenated alkanes) is 17. The summed E-state index contributed by atoms with van der Waals surface area (Å²) in [6.07, 6.45) is 27.5. The standard InChI is InChI=1S/C23H45NO/c1-3-5-6-7-8-9-10-11-12-13-14-15-16-17-18-19-20-21-22-24(4-2)23-25/h4,23H,2-3,5-22H2,1H3. The highest BCUT2D eigenvalue weighted by molar-refractivity contribution is 5.48. The first-order valence-corrected chi connectivity index (χ1v) is 11.2. The average Bonchev–Trinajstić information content (AvgIpc) is 2.64. The van der Waals surface area contributed by atoms with Crippen molar-refractivity contribution in [3.8, 4) is 0 Å². The Morgan fingerprint density at radius 2 is 0.920 bits per heavy atom. The van der Waals surface area contributed by atoms with E-state index >= 15 is 0 Å². The van der Waals surface area contributed by atoms with Crippen LogP contribution in [-0.4, -0.2) is 17.9 Å². The Hall–Kier alpha value is -0.790. The van der Waals surface area contributed by atoms with Gasteiger partial charge in [-0.05, 0) is 12.6 Å². The Morgan fingerprint density at radius 1 is 0.600 bits per heavy atom. The molecule has 0 saturated heterocycles. The Labute approximate surface area is 158 Å². The van der Waals surface area contributed by atoms with Gasteiger partial charge in [0.15, 0.2) is 0 Å². The summed E-state index contributed by atoms with van der Waals surface area (Å²) in [7, 11) is 0. The number of carbonyl (C=O) groups is 1. The molecule has 2 heteroatoms. The summed E-state index contributed by atoms with van der Waals surface area (Å²) < 4.78 is 0. The van der Waals surface area contributed by atoms with Gasteiger partial charge in [-0.25, -0.2) is 0 Å². The third kappa shape index (κ3) is 19.4. The van der Waals surface area contributed by atoms with Crippen LogP contribution in [0.4, 0.5) is 0 Å². The van der Waals surface area contributed by atoms with Gasteiger partial charge in [-0.3, -0.25) is 4.79 Å². The van der Waals surface area contributed by atoms with Crippen molar-refractivity contribution in [3.05, 3.63) is 12.8 Å². The number of rotatable bonds is 21. The SMILES string of the molecule is C=CN(C=O)CCCCCCCCCCCCCCCCCCCC. The zero-order chi connectivity index (χ0) is 18.4. The van der Waals surface area contributed by atoms with Crippen LogP contribution in [0.3, 0.4) is 0 Å². The molecule has 0 radical (unpaired) electrons. The van der Waals surface area contributed by atoms with Crippen molar-refractivity contribution in [1.29, 1.82) is 0 Å². The molecule has 148 valence electrons. The lowest BCUT2D eigenvalue weighted by Gasteiger charge is -2.10. The second kappa shape index (κ2) is 21.3. The Bertz CT molecular complexity index is 269. The van der Waals surface area contributed by atoms with Crippen molar-refractivity contribution in [2.75, 3.05) is 6.54 Å². The average molecular weight is 352 g/mol. The van der Waals surface area contributed by atoms with E-state index in [1.165, 1.54) is 109 Å². The molecule has 1 amide bonds. The Kier molecular flexibility index (Phi) is 20.6. The van der Waals surface area contributed by atoms with Crippen LogP contribution in [0.2, 0.25) is 0 Å². The first-order chi connectivity index (χ1) is 12.3. The van der Waals surface area contributed by atoms with Crippen molar-refractivity contribution >= 4 is 6.41 Å². The zero-order valence-electron chi connectivity index (χ0n) is 17.2. The molecule has 0 aliphatic heterocycles. The van der Waals surface area contributed by atoms with Gasteiger partial charge in [-0.15, -0.1) is 0 Å². The van der Waals surface area contributed by atoms with Crippen LogP contribution in [0.25, 0.3) is 0 Å². The molecule has 0 spiro atoms. The molecule has 0 heterocycles. The second-order valence-corrected chi connectivity index (χ2v) is 7.54. The van der Waals surface area contributed by atoms with Crippen LogP contribution in [0.1, 0.15) is 122 Å².